The van der Waals surface area contributed by atoms with Crippen molar-refractivity contribution in [2.24, 2.45) is 17.6 Å². The summed E-state index contributed by atoms with van der Waals surface area (Å²) in [5.74, 6) is 0.261. The number of thiocarbonyl (C=S) groups is 1. The van der Waals surface area contributed by atoms with Crippen molar-refractivity contribution in [1.82, 2.24) is 5.32 Å². The summed E-state index contributed by atoms with van der Waals surface area (Å²) in [5.41, 5.74) is 5.70. The second-order valence-electron chi connectivity index (χ2n) is 5.03. The first-order valence-electron chi connectivity index (χ1n) is 6.31. The number of ether oxygens (including phenoxy) is 1. The van der Waals surface area contributed by atoms with Crippen LogP contribution in [0.15, 0.2) is 0 Å². The summed E-state index contributed by atoms with van der Waals surface area (Å²) in [6, 6.07) is 0.132. The Kier molecular flexibility index (Phi) is 3.99. The Morgan fingerprint density at radius 2 is 2.12 bits per heavy atom. The van der Waals surface area contributed by atoms with Gasteiger partial charge in [-0.1, -0.05) is 18.6 Å². The molecule has 0 aromatic carbocycles. The van der Waals surface area contributed by atoms with Gasteiger partial charge in [-0.05, 0) is 26.2 Å². The maximum Gasteiger partial charge on any atom is 0.226 e. The van der Waals surface area contributed by atoms with E-state index >= 15 is 0 Å². The van der Waals surface area contributed by atoms with Gasteiger partial charge in [0.2, 0.25) is 5.91 Å². The second-order valence-corrected chi connectivity index (χ2v) is 5.50. The summed E-state index contributed by atoms with van der Waals surface area (Å²) in [6.45, 7) is 2.64. The summed E-state index contributed by atoms with van der Waals surface area (Å²) in [6.07, 6.45) is 3.91. The maximum absolute atomic E-state index is 12.1. The van der Waals surface area contributed by atoms with E-state index in [9.17, 15) is 4.79 Å². The molecule has 1 saturated heterocycles. The Morgan fingerprint density at radius 3 is 2.71 bits per heavy atom. The lowest BCUT2D eigenvalue weighted by atomic mass is 9.99. The molecule has 2 aliphatic rings. The zero-order valence-electron chi connectivity index (χ0n) is 10.1. The van der Waals surface area contributed by atoms with Gasteiger partial charge in [-0.2, -0.15) is 0 Å². The summed E-state index contributed by atoms with van der Waals surface area (Å²) in [5, 5.41) is 3.10. The van der Waals surface area contributed by atoms with Crippen molar-refractivity contribution < 1.29 is 9.53 Å². The standard InChI is InChI=1S/C12H20N2O2S/c1-7-8(5-6-16-7)12(15)14-10-4-2-3-9(10)11(13)17/h7-10H,2-6H2,1H3,(H2,13,17)(H,14,15). The highest BCUT2D eigenvalue weighted by molar-refractivity contribution is 7.80. The highest BCUT2D eigenvalue weighted by atomic mass is 32.1. The van der Waals surface area contributed by atoms with Gasteiger partial charge in [0.1, 0.15) is 0 Å². The van der Waals surface area contributed by atoms with Gasteiger partial charge in [-0.3, -0.25) is 4.79 Å². The van der Waals surface area contributed by atoms with Crippen LogP contribution in [-0.2, 0) is 9.53 Å². The molecule has 5 heteroatoms. The van der Waals surface area contributed by atoms with E-state index in [4.69, 9.17) is 22.7 Å². The predicted molar refractivity (Wildman–Crippen MR) is 69.6 cm³/mol. The molecule has 1 aliphatic heterocycles. The molecule has 17 heavy (non-hydrogen) atoms. The fraction of sp³-hybridized carbons (Fsp3) is 0.833. The molecule has 2 fully saturated rings. The minimum atomic E-state index is -0.0115. The summed E-state index contributed by atoms with van der Waals surface area (Å²) < 4.78 is 5.41. The van der Waals surface area contributed by atoms with Crippen LogP contribution >= 0.6 is 12.2 Å². The van der Waals surface area contributed by atoms with Gasteiger partial charge in [-0.15, -0.1) is 0 Å². The molecule has 2 rings (SSSR count). The molecule has 4 unspecified atom stereocenters. The first kappa shape index (κ1) is 12.8. The number of nitrogens with one attached hydrogen (secondary N) is 1. The van der Waals surface area contributed by atoms with Gasteiger partial charge in [-0.25, -0.2) is 0 Å². The molecule has 3 N–H and O–H groups in total. The molecule has 1 saturated carbocycles. The Morgan fingerprint density at radius 1 is 1.35 bits per heavy atom. The maximum atomic E-state index is 12.1. The van der Waals surface area contributed by atoms with Crippen molar-refractivity contribution in [3.8, 4) is 0 Å². The number of nitrogens with two attached hydrogens (primary N) is 1. The predicted octanol–water partition coefficient (Wildman–Crippen LogP) is 0.982. The van der Waals surface area contributed by atoms with E-state index in [-0.39, 0.29) is 29.9 Å². The molecule has 1 aliphatic carbocycles. The molecule has 96 valence electrons. The van der Waals surface area contributed by atoms with Crippen LogP contribution in [0, 0.1) is 11.8 Å². The van der Waals surface area contributed by atoms with Gasteiger partial charge in [0.05, 0.1) is 17.0 Å². The van der Waals surface area contributed by atoms with Crippen LogP contribution in [0.4, 0.5) is 0 Å². The third kappa shape index (κ3) is 2.77. The number of hydrogen-bond acceptors (Lipinski definition) is 3. The van der Waals surface area contributed by atoms with E-state index in [1.165, 1.54) is 0 Å². The number of amides is 1. The number of rotatable bonds is 3. The molecule has 0 bridgehead atoms. The van der Waals surface area contributed by atoms with E-state index in [2.05, 4.69) is 5.32 Å². The van der Waals surface area contributed by atoms with Crippen LogP contribution < -0.4 is 11.1 Å². The fourth-order valence-corrected chi connectivity index (χ4v) is 3.12. The number of hydrogen-bond donors (Lipinski definition) is 2. The molecule has 0 aromatic heterocycles. The molecule has 1 heterocycles. The smallest absolute Gasteiger partial charge is 0.226 e. The Labute approximate surface area is 107 Å². The van der Waals surface area contributed by atoms with Gasteiger partial charge < -0.3 is 15.8 Å². The molecule has 1 amide bonds. The van der Waals surface area contributed by atoms with Gasteiger partial charge in [0.25, 0.3) is 0 Å². The van der Waals surface area contributed by atoms with Crippen molar-refractivity contribution in [2.75, 3.05) is 6.61 Å². The lowest BCUT2D eigenvalue weighted by molar-refractivity contribution is -0.127. The first-order chi connectivity index (χ1) is 8.09. The molecular weight excluding hydrogens is 236 g/mol. The first-order valence-corrected chi connectivity index (χ1v) is 6.71. The van der Waals surface area contributed by atoms with E-state index in [0.717, 1.165) is 25.7 Å². The van der Waals surface area contributed by atoms with E-state index < -0.39 is 0 Å². The van der Waals surface area contributed by atoms with Crippen LogP contribution in [0.5, 0.6) is 0 Å². The number of carbonyl (C=O) groups excluding carboxylic acids is 1. The lowest BCUT2D eigenvalue weighted by Crippen LogP contribution is -2.45. The van der Waals surface area contributed by atoms with Crippen molar-refractivity contribution in [2.45, 2.75) is 44.8 Å². The molecule has 0 aromatic rings. The van der Waals surface area contributed by atoms with Crippen LogP contribution in [0.25, 0.3) is 0 Å². The lowest BCUT2D eigenvalue weighted by Gasteiger charge is -2.22. The zero-order valence-corrected chi connectivity index (χ0v) is 11.0. The third-order valence-electron chi connectivity index (χ3n) is 3.92. The average molecular weight is 256 g/mol. The van der Waals surface area contributed by atoms with Gasteiger partial charge in [0.15, 0.2) is 0 Å². The van der Waals surface area contributed by atoms with E-state index in [0.29, 0.717) is 11.6 Å². The highest BCUT2D eigenvalue weighted by Gasteiger charge is 2.35. The number of carbonyl (C=O) groups is 1. The van der Waals surface area contributed by atoms with Crippen molar-refractivity contribution in [3.05, 3.63) is 0 Å². The van der Waals surface area contributed by atoms with Crippen LogP contribution in [0.3, 0.4) is 0 Å². The quantitative estimate of drug-likeness (QED) is 0.739. The average Bonchev–Trinajstić information content (AvgIpc) is 2.86. The minimum Gasteiger partial charge on any atom is -0.393 e. The van der Waals surface area contributed by atoms with Crippen molar-refractivity contribution in [3.63, 3.8) is 0 Å². The monoisotopic (exact) mass is 256 g/mol. The molecule has 0 radical (unpaired) electrons. The second kappa shape index (κ2) is 5.31. The van der Waals surface area contributed by atoms with E-state index in [1.807, 2.05) is 6.92 Å². The van der Waals surface area contributed by atoms with E-state index in [1.54, 1.807) is 0 Å². The summed E-state index contributed by atoms with van der Waals surface area (Å²) in [4.78, 5) is 12.6. The van der Waals surface area contributed by atoms with Gasteiger partial charge >= 0.3 is 0 Å². The highest BCUT2D eigenvalue weighted by Crippen LogP contribution is 2.27. The minimum absolute atomic E-state index is 0.0115. The zero-order chi connectivity index (χ0) is 12.4. The van der Waals surface area contributed by atoms with Crippen molar-refractivity contribution >= 4 is 23.1 Å². The summed E-state index contributed by atoms with van der Waals surface area (Å²) >= 11 is 5.04. The van der Waals surface area contributed by atoms with Crippen LogP contribution in [0.2, 0.25) is 0 Å². The third-order valence-corrected chi connectivity index (χ3v) is 4.22. The molecular formula is C12H20N2O2S. The van der Waals surface area contributed by atoms with Gasteiger partial charge in [0, 0.05) is 18.6 Å². The summed E-state index contributed by atoms with van der Waals surface area (Å²) in [7, 11) is 0. The Hall–Kier alpha value is -0.680. The Bertz CT molecular complexity index is 322. The van der Waals surface area contributed by atoms with Crippen LogP contribution in [-0.4, -0.2) is 29.6 Å². The topological polar surface area (TPSA) is 64.3 Å². The SMILES string of the molecule is CC1OCCC1C(=O)NC1CCCC1C(N)=S. The molecule has 0 spiro atoms. The fourth-order valence-electron chi connectivity index (χ4n) is 2.84. The van der Waals surface area contributed by atoms with Crippen LogP contribution in [0.1, 0.15) is 32.6 Å². The Balaban J connectivity index is 1.91. The normalized spacial score (nSPS) is 37.0. The van der Waals surface area contributed by atoms with Crippen molar-refractivity contribution in [1.29, 1.82) is 0 Å². The largest absolute Gasteiger partial charge is 0.393 e. The molecule has 4 atom stereocenters. The molecule has 4 nitrogen and oxygen atoms in total.